The summed E-state index contributed by atoms with van der Waals surface area (Å²) in [5.74, 6) is -1.17. The number of aliphatic imine (C=N–C) groups is 1. The average Bonchev–Trinajstić information content (AvgIpc) is 2.94. The summed E-state index contributed by atoms with van der Waals surface area (Å²) in [5.41, 5.74) is 1.22. The number of carboxylic acid groups (broad SMARTS) is 1. The predicted molar refractivity (Wildman–Crippen MR) is 117 cm³/mol. The lowest BCUT2D eigenvalue weighted by Crippen LogP contribution is -2.28. The number of phenolic OH excluding ortho intramolecular Hbond substituents is 1. The second-order valence-corrected chi connectivity index (χ2v) is 8.51. The number of amidine groups is 1. The van der Waals surface area contributed by atoms with Gasteiger partial charge in [0.15, 0.2) is 5.17 Å². The van der Waals surface area contributed by atoms with E-state index in [2.05, 4.69) is 36.9 Å². The van der Waals surface area contributed by atoms with Crippen molar-refractivity contribution in [3.63, 3.8) is 0 Å². The van der Waals surface area contributed by atoms with E-state index in [-0.39, 0.29) is 17.2 Å². The molecule has 0 saturated carbocycles. The molecule has 9 heteroatoms. The summed E-state index contributed by atoms with van der Waals surface area (Å²) in [6, 6.07) is 9.55. The second-order valence-electron chi connectivity index (χ2n) is 5.73. The van der Waals surface area contributed by atoms with Gasteiger partial charge >= 0.3 is 5.97 Å². The van der Waals surface area contributed by atoms with Crippen LogP contribution in [0.3, 0.4) is 0 Å². The second kappa shape index (κ2) is 8.50. The van der Waals surface area contributed by atoms with Crippen molar-refractivity contribution in [2.24, 2.45) is 4.99 Å². The van der Waals surface area contributed by atoms with Crippen LogP contribution in [0.25, 0.3) is 6.08 Å². The topological polar surface area (TPSA) is 90.2 Å². The molecule has 0 aromatic heterocycles. The maximum Gasteiger partial charge on any atom is 0.335 e. The molecular weight excluding hydrogens is 512 g/mol. The summed E-state index contributed by atoms with van der Waals surface area (Å²) >= 11 is 7.85. The van der Waals surface area contributed by atoms with Crippen molar-refractivity contribution in [1.29, 1.82) is 0 Å². The molecule has 3 rings (SSSR count). The molecule has 1 saturated heterocycles. The Hall–Kier alpha value is -2.10. The van der Waals surface area contributed by atoms with E-state index < -0.39 is 5.97 Å². The molecule has 28 heavy (non-hydrogen) atoms. The standard InChI is InChI=1S/C19H14Br2N2O4S/c1-2-23-17(25)15(8-11-7-12(20)9-14(21)16(11)24)28-19(23)22-13-5-3-10(4-6-13)18(26)27/h3-9,24H,2H2,1H3,(H,26,27)/b15-8-,22-19?. The molecule has 1 aliphatic heterocycles. The van der Waals surface area contributed by atoms with Gasteiger partial charge in [-0.3, -0.25) is 9.69 Å². The number of thioether (sulfide) groups is 1. The predicted octanol–water partition coefficient (Wildman–Crippen LogP) is 5.24. The minimum Gasteiger partial charge on any atom is -0.506 e. The highest BCUT2D eigenvalue weighted by Crippen LogP contribution is 2.38. The molecule has 1 fully saturated rings. The van der Waals surface area contributed by atoms with Gasteiger partial charge in [-0.1, -0.05) is 15.9 Å². The number of carbonyl (C=O) groups excluding carboxylic acids is 1. The number of phenols is 1. The molecule has 0 aliphatic carbocycles. The monoisotopic (exact) mass is 524 g/mol. The van der Waals surface area contributed by atoms with Gasteiger partial charge in [0, 0.05) is 16.6 Å². The van der Waals surface area contributed by atoms with Gasteiger partial charge in [0.2, 0.25) is 0 Å². The van der Waals surface area contributed by atoms with Crippen molar-refractivity contribution in [3.8, 4) is 5.75 Å². The zero-order chi connectivity index (χ0) is 20.4. The number of hydrogen-bond donors (Lipinski definition) is 2. The molecule has 1 heterocycles. The molecule has 144 valence electrons. The molecular formula is C19H14Br2N2O4S. The summed E-state index contributed by atoms with van der Waals surface area (Å²) in [6.45, 7) is 2.28. The zero-order valence-corrected chi connectivity index (χ0v) is 18.5. The van der Waals surface area contributed by atoms with Gasteiger partial charge in [0.25, 0.3) is 5.91 Å². The number of likely N-dealkylation sites (N-methyl/N-ethyl adjacent to an activating group) is 1. The fourth-order valence-electron chi connectivity index (χ4n) is 2.50. The largest absolute Gasteiger partial charge is 0.506 e. The van der Waals surface area contributed by atoms with Crippen LogP contribution in [0.5, 0.6) is 5.75 Å². The van der Waals surface area contributed by atoms with Crippen LogP contribution in [-0.2, 0) is 4.79 Å². The third-order valence-electron chi connectivity index (χ3n) is 3.89. The van der Waals surface area contributed by atoms with Crippen molar-refractivity contribution >= 4 is 72.4 Å². The number of carboxylic acids is 1. The molecule has 0 unspecified atom stereocenters. The minimum atomic E-state index is -1.01. The Morgan fingerprint density at radius 3 is 2.54 bits per heavy atom. The first-order valence-electron chi connectivity index (χ1n) is 8.11. The Kier molecular flexibility index (Phi) is 6.26. The van der Waals surface area contributed by atoms with Gasteiger partial charge in [-0.05, 0) is 77.1 Å². The number of rotatable bonds is 4. The van der Waals surface area contributed by atoms with Crippen LogP contribution in [0.2, 0.25) is 0 Å². The molecule has 1 aliphatic rings. The van der Waals surface area contributed by atoms with E-state index in [1.165, 1.54) is 28.8 Å². The number of carbonyl (C=O) groups is 2. The van der Waals surface area contributed by atoms with Crippen LogP contribution < -0.4 is 0 Å². The van der Waals surface area contributed by atoms with Gasteiger partial charge in [0.05, 0.1) is 20.6 Å². The fourth-order valence-corrected chi connectivity index (χ4v) is 4.81. The normalized spacial score (nSPS) is 17.0. The van der Waals surface area contributed by atoms with Crippen LogP contribution in [0, 0.1) is 0 Å². The van der Waals surface area contributed by atoms with E-state index in [0.717, 1.165) is 4.47 Å². The maximum absolute atomic E-state index is 12.7. The van der Waals surface area contributed by atoms with Crippen LogP contribution in [0.1, 0.15) is 22.8 Å². The van der Waals surface area contributed by atoms with Crippen molar-refractivity contribution in [2.45, 2.75) is 6.92 Å². The molecule has 0 radical (unpaired) electrons. The smallest absolute Gasteiger partial charge is 0.335 e. The quantitative estimate of drug-likeness (QED) is 0.533. The highest BCUT2D eigenvalue weighted by molar-refractivity contribution is 9.11. The lowest BCUT2D eigenvalue weighted by atomic mass is 10.2. The highest BCUT2D eigenvalue weighted by atomic mass is 79.9. The van der Waals surface area contributed by atoms with Crippen molar-refractivity contribution in [2.75, 3.05) is 6.54 Å². The lowest BCUT2D eigenvalue weighted by molar-refractivity contribution is -0.122. The number of benzene rings is 2. The average molecular weight is 526 g/mol. The Morgan fingerprint density at radius 2 is 1.93 bits per heavy atom. The Bertz CT molecular complexity index is 1020. The molecule has 1 amide bonds. The summed E-state index contributed by atoms with van der Waals surface area (Å²) < 4.78 is 1.28. The van der Waals surface area contributed by atoms with E-state index in [1.54, 1.807) is 30.3 Å². The van der Waals surface area contributed by atoms with Gasteiger partial charge in [-0.15, -0.1) is 0 Å². The molecule has 2 N–H and O–H groups in total. The summed E-state index contributed by atoms with van der Waals surface area (Å²) in [4.78, 5) is 30.1. The number of amides is 1. The van der Waals surface area contributed by atoms with Crippen LogP contribution in [0.4, 0.5) is 5.69 Å². The number of nitrogens with zero attached hydrogens (tertiary/aromatic N) is 2. The molecule has 0 spiro atoms. The third-order valence-corrected chi connectivity index (χ3v) is 5.96. The molecule has 2 aromatic rings. The van der Waals surface area contributed by atoms with Crippen LogP contribution >= 0.6 is 43.6 Å². The summed E-state index contributed by atoms with van der Waals surface area (Å²) in [7, 11) is 0. The van der Waals surface area contributed by atoms with Crippen LogP contribution in [0.15, 0.2) is 55.2 Å². The first-order chi connectivity index (χ1) is 13.3. The number of hydrogen-bond acceptors (Lipinski definition) is 5. The Balaban J connectivity index is 1.95. The van der Waals surface area contributed by atoms with E-state index in [4.69, 9.17) is 5.11 Å². The van der Waals surface area contributed by atoms with Gasteiger partial charge in [-0.25, -0.2) is 9.79 Å². The minimum absolute atomic E-state index is 0.0433. The number of aromatic hydroxyl groups is 1. The fraction of sp³-hybridized carbons (Fsp3) is 0.105. The van der Waals surface area contributed by atoms with E-state index in [9.17, 15) is 14.7 Å². The van der Waals surface area contributed by atoms with Crippen LogP contribution in [-0.4, -0.2) is 38.7 Å². The van der Waals surface area contributed by atoms with Crippen molar-refractivity contribution in [1.82, 2.24) is 4.90 Å². The van der Waals surface area contributed by atoms with Gasteiger partial charge in [0.1, 0.15) is 5.75 Å². The lowest BCUT2D eigenvalue weighted by Gasteiger charge is -2.12. The van der Waals surface area contributed by atoms with Gasteiger partial charge < -0.3 is 10.2 Å². The zero-order valence-electron chi connectivity index (χ0n) is 14.5. The first-order valence-corrected chi connectivity index (χ1v) is 10.5. The maximum atomic E-state index is 12.7. The van der Waals surface area contributed by atoms with Gasteiger partial charge in [-0.2, -0.15) is 0 Å². The molecule has 0 bridgehead atoms. The molecule has 2 aromatic carbocycles. The molecule has 0 atom stereocenters. The van der Waals surface area contributed by atoms with Crippen molar-refractivity contribution in [3.05, 3.63) is 61.4 Å². The van der Waals surface area contributed by atoms with E-state index in [0.29, 0.717) is 32.3 Å². The van der Waals surface area contributed by atoms with E-state index in [1.807, 2.05) is 6.92 Å². The highest BCUT2D eigenvalue weighted by Gasteiger charge is 2.32. The number of aromatic carboxylic acids is 1. The third kappa shape index (κ3) is 4.31. The summed E-state index contributed by atoms with van der Waals surface area (Å²) in [5, 5.41) is 19.7. The van der Waals surface area contributed by atoms with Crippen molar-refractivity contribution < 1.29 is 19.8 Å². The van der Waals surface area contributed by atoms with E-state index >= 15 is 0 Å². The first kappa shape index (κ1) is 20.6. The Labute approximate surface area is 182 Å². The Morgan fingerprint density at radius 1 is 1.25 bits per heavy atom. The molecule has 6 nitrogen and oxygen atoms in total. The summed E-state index contributed by atoms with van der Waals surface area (Å²) in [6.07, 6.45) is 1.62. The SMILES string of the molecule is CCN1C(=O)/C(=C/c2cc(Br)cc(Br)c2O)SC1=Nc1ccc(C(=O)O)cc1. The number of halogens is 2.